The van der Waals surface area contributed by atoms with Crippen LogP contribution in [0.5, 0.6) is 0 Å². The van der Waals surface area contributed by atoms with Gasteiger partial charge in [0, 0.05) is 11.7 Å². The van der Waals surface area contributed by atoms with Crippen LogP contribution in [0.1, 0.15) is 22.8 Å². The predicted octanol–water partition coefficient (Wildman–Crippen LogP) is 3.49. The van der Waals surface area contributed by atoms with Crippen LogP contribution in [0.15, 0.2) is 41.1 Å². The second-order valence-electron chi connectivity index (χ2n) is 4.26. The summed E-state index contributed by atoms with van der Waals surface area (Å²) in [5.41, 5.74) is 2.58. The second-order valence-corrected chi connectivity index (χ2v) is 5.04. The summed E-state index contributed by atoms with van der Waals surface area (Å²) in [5, 5.41) is 16.4. The highest BCUT2D eigenvalue weighted by atomic mass is 32.1. The number of carbonyl (C=O) groups is 1. The number of carboxylic acid groups (broad SMARTS) is 1. The number of hydrogen-bond acceptors (Lipinski definition) is 3. The van der Waals surface area contributed by atoms with E-state index in [-0.39, 0.29) is 0 Å². The number of carboxylic acids is 1. The number of thiophene rings is 1. The highest BCUT2D eigenvalue weighted by Gasteiger charge is 2.05. The van der Waals surface area contributed by atoms with Crippen molar-refractivity contribution in [3.63, 3.8) is 0 Å². The standard InChI is InChI=1S/C14H15NO2S/c1-10(8-11-6-7-18-9-11)15-13-4-2-12(3-5-13)14(16)17/h2-7,9-10,15H,8H2,1H3,(H,16,17). The molecule has 18 heavy (non-hydrogen) atoms. The number of rotatable bonds is 5. The molecule has 1 unspecified atom stereocenters. The lowest BCUT2D eigenvalue weighted by Crippen LogP contribution is -2.17. The van der Waals surface area contributed by atoms with Crippen molar-refractivity contribution in [2.75, 3.05) is 5.32 Å². The maximum atomic E-state index is 10.7. The summed E-state index contributed by atoms with van der Waals surface area (Å²) < 4.78 is 0. The molecule has 0 aliphatic rings. The second kappa shape index (κ2) is 5.69. The van der Waals surface area contributed by atoms with Crippen molar-refractivity contribution in [2.24, 2.45) is 0 Å². The van der Waals surface area contributed by atoms with Crippen LogP contribution in [-0.2, 0) is 6.42 Å². The lowest BCUT2D eigenvalue weighted by atomic mass is 10.1. The van der Waals surface area contributed by atoms with Gasteiger partial charge < -0.3 is 10.4 Å². The lowest BCUT2D eigenvalue weighted by Gasteiger charge is -2.14. The molecule has 1 atom stereocenters. The van der Waals surface area contributed by atoms with E-state index in [1.54, 1.807) is 35.6 Å². The normalized spacial score (nSPS) is 12.1. The predicted molar refractivity (Wildman–Crippen MR) is 74.5 cm³/mol. The molecule has 0 aliphatic carbocycles. The molecule has 0 aliphatic heterocycles. The first-order valence-electron chi connectivity index (χ1n) is 5.76. The molecule has 1 aromatic carbocycles. The lowest BCUT2D eigenvalue weighted by molar-refractivity contribution is 0.0697. The minimum absolute atomic E-state index is 0.311. The molecule has 94 valence electrons. The van der Waals surface area contributed by atoms with Crippen LogP contribution in [0.25, 0.3) is 0 Å². The van der Waals surface area contributed by atoms with Gasteiger partial charge in [-0.05, 0) is 60.0 Å². The quantitative estimate of drug-likeness (QED) is 0.866. The molecule has 0 bridgehead atoms. The molecule has 0 radical (unpaired) electrons. The molecule has 4 heteroatoms. The zero-order valence-corrected chi connectivity index (χ0v) is 10.9. The Morgan fingerprint density at radius 1 is 1.33 bits per heavy atom. The van der Waals surface area contributed by atoms with Crippen molar-refractivity contribution in [1.29, 1.82) is 0 Å². The summed E-state index contributed by atoms with van der Waals surface area (Å²) in [4.78, 5) is 10.7. The van der Waals surface area contributed by atoms with Gasteiger partial charge >= 0.3 is 5.97 Å². The van der Waals surface area contributed by atoms with Crippen molar-refractivity contribution < 1.29 is 9.90 Å². The van der Waals surface area contributed by atoms with Gasteiger partial charge in [-0.15, -0.1) is 0 Å². The largest absolute Gasteiger partial charge is 0.478 e. The molecule has 0 spiro atoms. The van der Waals surface area contributed by atoms with Gasteiger partial charge in [0.15, 0.2) is 0 Å². The minimum Gasteiger partial charge on any atom is -0.478 e. The van der Waals surface area contributed by atoms with Gasteiger partial charge in [0.2, 0.25) is 0 Å². The van der Waals surface area contributed by atoms with Gasteiger partial charge in [0.05, 0.1) is 5.56 Å². The highest BCUT2D eigenvalue weighted by Crippen LogP contribution is 2.14. The smallest absolute Gasteiger partial charge is 0.335 e. The van der Waals surface area contributed by atoms with Crippen LogP contribution in [-0.4, -0.2) is 17.1 Å². The Hall–Kier alpha value is -1.81. The maximum absolute atomic E-state index is 10.7. The van der Waals surface area contributed by atoms with E-state index in [0.29, 0.717) is 11.6 Å². The Morgan fingerprint density at radius 3 is 2.61 bits per heavy atom. The molecule has 3 nitrogen and oxygen atoms in total. The van der Waals surface area contributed by atoms with Crippen LogP contribution in [0.3, 0.4) is 0 Å². The number of benzene rings is 1. The van der Waals surface area contributed by atoms with E-state index in [1.165, 1.54) is 5.56 Å². The third-order valence-electron chi connectivity index (χ3n) is 2.67. The van der Waals surface area contributed by atoms with Gasteiger partial charge in [0.25, 0.3) is 0 Å². The zero-order valence-electron chi connectivity index (χ0n) is 10.1. The molecule has 0 saturated carbocycles. The van der Waals surface area contributed by atoms with E-state index < -0.39 is 5.97 Å². The molecule has 2 aromatic rings. The summed E-state index contributed by atoms with van der Waals surface area (Å²) in [6.07, 6.45) is 0.962. The third kappa shape index (κ3) is 3.34. The average molecular weight is 261 g/mol. The van der Waals surface area contributed by atoms with Gasteiger partial charge in [-0.2, -0.15) is 11.3 Å². The third-order valence-corrected chi connectivity index (χ3v) is 3.40. The SMILES string of the molecule is CC(Cc1ccsc1)Nc1ccc(C(=O)O)cc1. The molecule has 1 aromatic heterocycles. The Labute approximate surface area is 110 Å². The number of hydrogen-bond donors (Lipinski definition) is 2. The van der Waals surface area contributed by atoms with Gasteiger partial charge in [-0.1, -0.05) is 0 Å². The maximum Gasteiger partial charge on any atom is 0.335 e. The topological polar surface area (TPSA) is 49.3 Å². The van der Waals surface area contributed by atoms with Gasteiger partial charge in [0.1, 0.15) is 0 Å². The molecule has 0 saturated heterocycles. The van der Waals surface area contributed by atoms with E-state index >= 15 is 0 Å². The Kier molecular flexibility index (Phi) is 3.99. The summed E-state index contributed by atoms with van der Waals surface area (Å²) >= 11 is 1.70. The highest BCUT2D eigenvalue weighted by molar-refractivity contribution is 7.07. The summed E-state index contributed by atoms with van der Waals surface area (Å²) in [6.45, 7) is 2.11. The molecule has 0 fully saturated rings. The van der Waals surface area contributed by atoms with Gasteiger partial charge in [-0.25, -0.2) is 4.79 Å². The van der Waals surface area contributed by atoms with Gasteiger partial charge in [-0.3, -0.25) is 0 Å². The van der Waals surface area contributed by atoms with E-state index in [0.717, 1.165) is 12.1 Å². The molecule has 2 rings (SSSR count). The first-order chi connectivity index (χ1) is 8.65. The van der Waals surface area contributed by atoms with Crippen molar-refractivity contribution in [2.45, 2.75) is 19.4 Å². The summed E-state index contributed by atoms with van der Waals surface area (Å²) in [5.74, 6) is -0.895. The van der Waals surface area contributed by atoms with Crippen LogP contribution in [0, 0.1) is 0 Å². The van der Waals surface area contributed by atoms with Crippen LogP contribution in [0.2, 0.25) is 0 Å². The summed E-state index contributed by atoms with van der Waals surface area (Å²) in [7, 11) is 0. The fourth-order valence-corrected chi connectivity index (χ4v) is 2.49. The van der Waals surface area contributed by atoms with Crippen LogP contribution in [0.4, 0.5) is 5.69 Å². The summed E-state index contributed by atoms with van der Waals surface area (Å²) in [6, 6.07) is 9.26. The van der Waals surface area contributed by atoms with Crippen molar-refractivity contribution in [1.82, 2.24) is 0 Å². The number of nitrogens with one attached hydrogen (secondary N) is 1. The fraction of sp³-hybridized carbons (Fsp3) is 0.214. The van der Waals surface area contributed by atoms with Crippen molar-refractivity contribution in [3.05, 3.63) is 52.2 Å². The molecule has 0 amide bonds. The Bertz CT molecular complexity index is 505. The molecule has 2 N–H and O–H groups in total. The van der Waals surface area contributed by atoms with Crippen LogP contribution >= 0.6 is 11.3 Å². The van der Waals surface area contributed by atoms with E-state index in [1.807, 2.05) is 0 Å². The average Bonchev–Trinajstić information content (AvgIpc) is 2.82. The Morgan fingerprint density at radius 2 is 2.06 bits per heavy atom. The fourth-order valence-electron chi connectivity index (χ4n) is 1.81. The van der Waals surface area contributed by atoms with E-state index in [2.05, 4.69) is 29.1 Å². The molecular formula is C14H15NO2S. The van der Waals surface area contributed by atoms with E-state index in [9.17, 15) is 4.79 Å². The minimum atomic E-state index is -0.895. The molecule has 1 heterocycles. The molecular weight excluding hydrogens is 246 g/mol. The number of anilines is 1. The Balaban J connectivity index is 1.94. The monoisotopic (exact) mass is 261 g/mol. The van der Waals surface area contributed by atoms with Crippen LogP contribution < -0.4 is 5.32 Å². The van der Waals surface area contributed by atoms with Crippen molar-refractivity contribution >= 4 is 23.0 Å². The number of aromatic carboxylic acids is 1. The van der Waals surface area contributed by atoms with Crippen molar-refractivity contribution in [3.8, 4) is 0 Å². The first kappa shape index (κ1) is 12.6. The first-order valence-corrected chi connectivity index (χ1v) is 6.70. The zero-order chi connectivity index (χ0) is 13.0. The van der Waals surface area contributed by atoms with E-state index in [4.69, 9.17) is 5.11 Å².